The van der Waals surface area contributed by atoms with Crippen LogP contribution < -0.4 is 5.73 Å². The van der Waals surface area contributed by atoms with Gasteiger partial charge in [-0.05, 0) is 40.1 Å². The van der Waals surface area contributed by atoms with E-state index in [-0.39, 0.29) is 18.4 Å². The lowest BCUT2D eigenvalue weighted by molar-refractivity contribution is 0.873. The van der Waals surface area contributed by atoms with Gasteiger partial charge in [-0.3, -0.25) is 4.98 Å². The zero-order chi connectivity index (χ0) is 9.10. The van der Waals surface area contributed by atoms with E-state index in [2.05, 4.69) is 16.4 Å². The van der Waals surface area contributed by atoms with E-state index in [0.717, 1.165) is 11.1 Å². The Kier molecular flexibility index (Phi) is 4.07. The van der Waals surface area contributed by atoms with Crippen LogP contribution in [0.3, 0.4) is 0 Å². The molecule has 2 nitrogen and oxygen atoms in total. The first kappa shape index (κ1) is 11.2. The fourth-order valence-electron chi connectivity index (χ4n) is 1.22. The van der Waals surface area contributed by atoms with Crippen LogP contribution in [0, 0.1) is 0 Å². The van der Waals surface area contributed by atoms with E-state index in [1.807, 2.05) is 17.5 Å². The molecule has 14 heavy (non-hydrogen) atoms. The first-order valence-electron chi connectivity index (χ1n) is 4.05. The van der Waals surface area contributed by atoms with Gasteiger partial charge in [0, 0.05) is 12.4 Å². The number of hydrogen-bond donors (Lipinski definition) is 1. The van der Waals surface area contributed by atoms with E-state index in [1.165, 1.54) is 0 Å². The first-order valence-corrected chi connectivity index (χ1v) is 5.00. The summed E-state index contributed by atoms with van der Waals surface area (Å²) < 4.78 is 0. The Morgan fingerprint density at radius 3 is 2.43 bits per heavy atom. The molecule has 0 bridgehead atoms. The number of nitrogens with two attached hydrogens (primary N) is 1. The van der Waals surface area contributed by atoms with Gasteiger partial charge in [0.1, 0.15) is 0 Å². The van der Waals surface area contributed by atoms with Crippen LogP contribution in [-0.4, -0.2) is 4.98 Å². The van der Waals surface area contributed by atoms with E-state index >= 15 is 0 Å². The molecule has 0 aliphatic heterocycles. The van der Waals surface area contributed by atoms with Gasteiger partial charge in [-0.15, -0.1) is 12.4 Å². The summed E-state index contributed by atoms with van der Waals surface area (Å²) >= 11 is 1.67. The number of pyridine rings is 1. The van der Waals surface area contributed by atoms with Crippen LogP contribution >= 0.6 is 23.7 Å². The Bertz CT molecular complexity index is 361. The number of nitrogens with zero attached hydrogens (tertiary/aromatic N) is 1. The lowest BCUT2D eigenvalue weighted by atomic mass is 10.0. The predicted octanol–water partition coefficient (Wildman–Crippen LogP) is 2.61. The zero-order valence-electron chi connectivity index (χ0n) is 7.46. The first-order chi connectivity index (χ1) is 6.38. The third-order valence-corrected chi connectivity index (χ3v) is 2.67. The quantitative estimate of drug-likeness (QED) is 0.855. The summed E-state index contributed by atoms with van der Waals surface area (Å²) in [5, 5.41) is 4.11. The van der Waals surface area contributed by atoms with Gasteiger partial charge in [-0.1, -0.05) is 0 Å². The van der Waals surface area contributed by atoms with E-state index in [9.17, 15) is 0 Å². The summed E-state index contributed by atoms with van der Waals surface area (Å²) in [6.07, 6.45) is 3.53. The van der Waals surface area contributed by atoms with E-state index in [1.54, 1.807) is 23.7 Å². The van der Waals surface area contributed by atoms with Crippen molar-refractivity contribution < 1.29 is 0 Å². The molecule has 1 atom stereocenters. The molecule has 0 aromatic carbocycles. The fraction of sp³-hybridized carbons (Fsp3) is 0.100. The van der Waals surface area contributed by atoms with Crippen molar-refractivity contribution in [3.8, 4) is 0 Å². The minimum atomic E-state index is -0.0192. The summed E-state index contributed by atoms with van der Waals surface area (Å²) in [5.41, 5.74) is 8.31. The zero-order valence-corrected chi connectivity index (χ0v) is 9.09. The monoisotopic (exact) mass is 226 g/mol. The topological polar surface area (TPSA) is 38.9 Å². The minimum absolute atomic E-state index is 0. The molecule has 2 heterocycles. The van der Waals surface area contributed by atoms with Gasteiger partial charge in [0.05, 0.1) is 6.04 Å². The van der Waals surface area contributed by atoms with Crippen LogP contribution in [0.25, 0.3) is 0 Å². The van der Waals surface area contributed by atoms with Gasteiger partial charge in [0.15, 0.2) is 0 Å². The highest BCUT2D eigenvalue weighted by Crippen LogP contribution is 2.20. The van der Waals surface area contributed by atoms with Crippen molar-refractivity contribution in [2.75, 3.05) is 0 Å². The Morgan fingerprint density at radius 1 is 1.14 bits per heavy atom. The average molecular weight is 227 g/mol. The summed E-state index contributed by atoms with van der Waals surface area (Å²) in [4.78, 5) is 3.96. The molecule has 2 aromatic heterocycles. The highest BCUT2D eigenvalue weighted by atomic mass is 35.5. The van der Waals surface area contributed by atoms with Crippen LogP contribution in [-0.2, 0) is 0 Å². The number of halogens is 1. The number of aromatic nitrogens is 1. The third-order valence-electron chi connectivity index (χ3n) is 1.97. The SMILES string of the molecule is Cl.N[C@@H](c1ccncc1)c1ccsc1. The maximum absolute atomic E-state index is 6.04. The van der Waals surface area contributed by atoms with Crippen LogP contribution in [0.4, 0.5) is 0 Å². The minimum Gasteiger partial charge on any atom is -0.320 e. The number of rotatable bonds is 2. The Balaban J connectivity index is 0.000000980. The van der Waals surface area contributed by atoms with Gasteiger partial charge in [0.25, 0.3) is 0 Å². The Morgan fingerprint density at radius 2 is 1.86 bits per heavy atom. The Hall–Kier alpha value is -0.900. The number of thiophene rings is 1. The molecule has 0 fully saturated rings. The van der Waals surface area contributed by atoms with Crippen molar-refractivity contribution in [3.63, 3.8) is 0 Å². The molecule has 4 heteroatoms. The van der Waals surface area contributed by atoms with Crippen molar-refractivity contribution in [1.82, 2.24) is 4.98 Å². The number of hydrogen-bond acceptors (Lipinski definition) is 3. The maximum Gasteiger partial charge on any atom is 0.0560 e. The molecular weight excluding hydrogens is 216 g/mol. The Labute approximate surface area is 93.2 Å². The molecule has 0 unspecified atom stereocenters. The standard InChI is InChI=1S/C10H10N2S.ClH/c11-10(9-3-6-13-7-9)8-1-4-12-5-2-8;/h1-7,10H,11H2;1H/t10-;/m0./s1. The van der Waals surface area contributed by atoms with Gasteiger partial charge >= 0.3 is 0 Å². The van der Waals surface area contributed by atoms with E-state index in [4.69, 9.17) is 5.73 Å². The summed E-state index contributed by atoms with van der Waals surface area (Å²) in [7, 11) is 0. The van der Waals surface area contributed by atoms with Gasteiger partial charge in [-0.25, -0.2) is 0 Å². The fourth-order valence-corrected chi connectivity index (χ4v) is 1.91. The molecule has 0 aliphatic carbocycles. The normalized spacial score (nSPS) is 11.8. The van der Waals surface area contributed by atoms with Crippen LogP contribution in [0.2, 0.25) is 0 Å². The molecule has 0 amide bonds. The molecule has 74 valence electrons. The molecule has 2 rings (SSSR count). The van der Waals surface area contributed by atoms with E-state index in [0.29, 0.717) is 0 Å². The van der Waals surface area contributed by atoms with Gasteiger partial charge in [-0.2, -0.15) is 11.3 Å². The van der Waals surface area contributed by atoms with Crippen LogP contribution in [0.15, 0.2) is 41.4 Å². The van der Waals surface area contributed by atoms with Crippen LogP contribution in [0.5, 0.6) is 0 Å². The largest absolute Gasteiger partial charge is 0.320 e. The molecule has 2 N–H and O–H groups in total. The second-order valence-corrected chi connectivity index (χ2v) is 3.59. The molecule has 0 saturated carbocycles. The van der Waals surface area contributed by atoms with Crippen molar-refractivity contribution in [2.45, 2.75) is 6.04 Å². The lowest BCUT2D eigenvalue weighted by Gasteiger charge is -2.08. The van der Waals surface area contributed by atoms with Crippen molar-refractivity contribution in [2.24, 2.45) is 5.73 Å². The summed E-state index contributed by atoms with van der Waals surface area (Å²) in [6, 6.07) is 5.93. The molecule has 0 aliphatic rings. The highest BCUT2D eigenvalue weighted by molar-refractivity contribution is 7.08. The van der Waals surface area contributed by atoms with Crippen LogP contribution in [0.1, 0.15) is 17.2 Å². The van der Waals surface area contributed by atoms with Crippen molar-refractivity contribution >= 4 is 23.7 Å². The summed E-state index contributed by atoms with van der Waals surface area (Å²) in [5.74, 6) is 0. The average Bonchev–Trinajstić information content (AvgIpc) is 2.71. The van der Waals surface area contributed by atoms with Gasteiger partial charge in [0.2, 0.25) is 0 Å². The maximum atomic E-state index is 6.04. The molecule has 0 saturated heterocycles. The van der Waals surface area contributed by atoms with Crippen molar-refractivity contribution in [1.29, 1.82) is 0 Å². The second-order valence-electron chi connectivity index (χ2n) is 2.81. The third kappa shape index (κ3) is 2.32. The predicted molar refractivity (Wildman–Crippen MR) is 61.8 cm³/mol. The smallest absolute Gasteiger partial charge is 0.0560 e. The molecule has 2 aromatic rings. The van der Waals surface area contributed by atoms with E-state index < -0.39 is 0 Å². The molecular formula is C10H11ClN2S. The highest BCUT2D eigenvalue weighted by Gasteiger charge is 2.07. The van der Waals surface area contributed by atoms with Crippen molar-refractivity contribution in [3.05, 3.63) is 52.5 Å². The summed E-state index contributed by atoms with van der Waals surface area (Å²) in [6.45, 7) is 0. The molecule has 0 spiro atoms. The lowest BCUT2D eigenvalue weighted by Crippen LogP contribution is -2.10. The molecule has 0 radical (unpaired) electrons. The van der Waals surface area contributed by atoms with Gasteiger partial charge < -0.3 is 5.73 Å². The second kappa shape index (κ2) is 5.10.